The van der Waals surface area contributed by atoms with Crippen molar-refractivity contribution in [2.75, 3.05) is 6.26 Å². The minimum atomic E-state index is -4.33. The van der Waals surface area contributed by atoms with E-state index < -0.39 is 25.5 Å². The van der Waals surface area contributed by atoms with E-state index in [0.717, 1.165) is 13.2 Å². The van der Waals surface area contributed by atoms with Gasteiger partial charge in [-0.3, -0.25) is 4.55 Å². The van der Waals surface area contributed by atoms with E-state index >= 15 is 0 Å². The SMILES string of the molecule is CC(NS(C)(=O)=O)S(=O)(=O)O. The van der Waals surface area contributed by atoms with Gasteiger partial charge < -0.3 is 0 Å². The summed E-state index contributed by atoms with van der Waals surface area (Å²) in [6, 6.07) is 0. The van der Waals surface area contributed by atoms with Gasteiger partial charge in [0, 0.05) is 0 Å². The van der Waals surface area contributed by atoms with E-state index in [1.165, 1.54) is 0 Å². The first-order valence-corrected chi connectivity index (χ1v) is 5.96. The van der Waals surface area contributed by atoms with E-state index in [9.17, 15) is 16.8 Å². The molecule has 1 atom stereocenters. The van der Waals surface area contributed by atoms with Gasteiger partial charge in [-0.2, -0.15) is 13.1 Å². The van der Waals surface area contributed by atoms with E-state index in [1.54, 1.807) is 4.72 Å². The Hall–Kier alpha value is -0.180. The first-order chi connectivity index (χ1) is 4.63. The maximum Gasteiger partial charge on any atom is 0.281 e. The molecule has 0 heterocycles. The normalized spacial score (nSPS) is 16.3. The van der Waals surface area contributed by atoms with E-state index in [4.69, 9.17) is 4.55 Å². The molecule has 0 aliphatic rings. The summed E-state index contributed by atoms with van der Waals surface area (Å²) in [5.74, 6) is 0. The zero-order valence-electron chi connectivity index (χ0n) is 5.97. The summed E-state index contributed by atoms with van der Waals surface area (Å²) in [7, 11) is -7.92. The van der Waals surface area contributed by atoms with E-state index in [1.807, 2.05) is 0 Å². The van der Waals surface area contributed by atoms with Gasteiger partial charge >= 0.3 is 0 Å². The van der Waals surface area contributed by atoms with Crippen LogP contribution in [0.4, 0.5) is 0 Å². The standard InChI is InChI=1S/C3H9NO5S2/c1-3(11(7,8)9)4-10(2,5)6/h3-4H,1-2H3,(H,7,8,9). The van der Waals surface area contributed by atoms with Crippen molar-refractivity contribution in [3.05, 3.63) is 0 Å². The lowest BCUT2D eigenvalue weighted by atomic mass is 10.8. The lowest BCUT2D eigenvalue weighted by molar-refractivity contribution is 0.465. The second-order valence-corrected chi connectivity index (χ2v) is 5.56. The molecule has 1 unspecified atom stereocenters. The maximum atomic E-state index is 10.4. The van der Waals surface area contributed by atoms with Crippen LogP contribution < -0.4 is 4.72 Å². The van der Waals surface area contributed by atoms with Crippen LogP contribution in [0.3, 0.4) is 0 Å². The van der Waals surface area contributed by atoms with Crippen molar-refractivity contribution in [2.24, 2.45) is 0 Å². The first-order valence-electron chi connectivity index (χ1n) is 2.56. The summed E-state index contributed by atoms with van der Waals surface area (Å²) < 4.78 is 51.3. The van der Waals surface area contributed by atoms with Crippen LogP contribution in [0.1, 0.15) is 6.92 Å². The Bertz CT molecular complexity index is 314. The van der Waals surface area contributed by atoms with Gasteiger partial charge in [0.25, 0.3) is 10.1 Å². The third-order valence-electron chi connectivity index (χ3n) is 0.827. The highest BCUT2D eigenvalue weighted by molar-refractivity contribution is 7.91. The quantitative estimate of drug-likeness (QED) is 0.559. The van der Waals surface area contributed by atoms with Gasteiger partial charge in [-0.15, -0.1) is 0 Å². The molecule has 0 bridgehead atoms. The second-order valence-electron chi connectivity index (χ2n) is 2.05. The van der Waals surface area contributed by atoms with Crippen LogP contribution in [0.25, 0.3) is 0 Å². The minimum Gasteiger partial charge on any atom is -0.284 e. The van der Waals surface area contributed by atoms with Gasteiger partial charge in [-0.1, -0.05) is 0 Å². The number of nitrogens with one attached hydrogen (secondary N) is 1. The Balaban J connectivity index is 4.47. The molecule has 2 N–H and O–H groups in total. The molecule has 0 radical (unpaired) electrons. The molecule has 0 aromatic carbocycles. The Morgan fingerprint density at radius 1 is 1.27 bits per heavy atom. The molecule has 0 rings (SSSR count). The summed E-state index contributed by atoms with van der Waals surface area (Å²) in [6.45, 7) is 1.02. The van der Waals surface area contributed by atoms with E-state index in [-0.39, 0.29) is 0 Å². The largest absolute Gasteiger partial charge is 0.284 e. The first kappa shape index (κ1) is 10.8. The lowest BCUT2D eigenvalue weighted by Gasteiger charge is -2.07. The summed E-state index contributed by atoms with van der Waals surface area (Å²) in [5, 5.41) is -1.50. The van der Waals surface area contributed by atoms with Gasteiger partial charge in [0.1, 0.15) is 5.37 Å². The Labute approximate surface area is 65.4 Å². The molecule has 0 fully saturated rings. The third kappa shape index (κ3) is 5.13. The van der Waals surface area contributed by atoms with Gasteiger partial charge in [0.2, 0.25) is 10.0 Å². The molecule has 6 nitrogen and oxygen atoms in total. The van der Waals surface area contributed by atoms with Crippen LogP contribution in [-0.4, -0.2) is 33.0 Å². The molecule has 0 spiro atoms. The molecular weight excluding hydrogens is 194 g/mol. The van der Waals surface area contributed by atoms with Crippen molar-refractivity contribution >= 4 is 20.1 Å². The van der Waals surface area contributed by atoms with Crippen LogP contribution in [-0.2, 0) is 20.1 Å². The third-order valence-corrected chi connectivity index (χ3v) is 2.77. The highest BCUT2D eigenvalue weighted by atomic mass is 32.2. The molecule has 68 valence electrons. The van der Waals surface area contributed by atoms with Gasteiger partial charge in [-0.05, 0) is 6.92 Å². The summed E-state index contributed by atoms with van der Waals surface area (Å²) in [4.78, 5) is 0. The highest BCUT2D eigenvalue weighted by Gasteiger charge is 2.20. The summed E-state index contributed by atoms with van der Waals surface area (Å²) in [6.07, 6.45) is 0.800. The smallest absolute Gasteiger partial charge is 0.281 e. The summed E-state index contributed by atoms with van der Waals surface area (Å²) >= 11 is 0. The molecule has 8 heteroatoms. The number of hydrogen-bond acceptors (Lipinski definition) is 4. The van der Waals surface area contributed by atoms with Crippen molar-refractivity contribution in [1.29, 1.82) is 0 Å². The molecule has 0 saturated heterocycles. The predicted molar refractivity (Wildman–Crippen MR) is 39.0 cm³/mol. The molecule has 11 heavy (non-hydrogen) atoms. The van der Waals surface area contributed by atoms with Crippen LogP contribution in [0, 0.1) is 0 Å². The summed E-state index contributed by atoms with van der Waals surface area (Å²) in [5.41, 5.74) is 0. The predicted octanol–water partition coefficient (Wildman–Crippen LogP) is -1.23. The van der Waals surface area contributed by atoms with E-state index in [2.05, 4.69) is 0 Å². The van der Waals surface area contributed by atoms with Crippen molar-refractivity contribution < 1.29 is 21.4 Å². The van der Waals surface area contributed by atoms with Gasteiger partial charge in [0.15, 0.2) is 0 Å². The Morgan fingerprint density at radius 3 is 1.73 bits per heavy atom. The lowest BCUT2D eigenvalue weighted by Crippen LogP contribution is -2.37. The fraction of sp³-hybridized carbons (Fsp3) is 1.00. The second kappa shape index (κ2) is 3.05. The molecule has 0 aromatic heterocycles. The molecule has 0 aliphatic heterocycles. The van der Waals surface area contributed by atoms with Crippen LogP contribution in [0.5, 0.6) is 0 Å². The van der Waals surface area contributed by atoms with Crippen molar-refractivity contribution in [3.63, 3.8) is 0 Å². The van der Waals surface area contributed by atoms with Gasteiger partial charge in [-0.25, -0.2) is 8.42 Å². The van der Waals surface area contributed by atoms with Crippen LogP contribution in [0.2, 0.25) is 0 Å². The highest BCUT2D eigenvalue weighted by Crippen LogP contribution is 1.93. The van der Waals surface area contributed by atoms with Gasteiger partial charge in [0.05, 0.1) is 6.26 Å². The number of hydrogen-bond donors (Lipinski definition) is 2. The molecular formula is C3H9NO5S2. The Morgan fingerprint density at radius 2 is 1.64 bits per heavy atom. The fourth-order valence-corrected chi connectivity index (χ4v) is 1.98. The monoisotopic (exact) mass is 203 g/mol. The molecule has 0 aliphatic carbocycles. The zero-order chi connectivity index (χ0) is 9.28. The topological polar surface area (TPSA) is 101 Å². The maximum absolute atomic E-state index is 10.4. The molecule has 0 aromatic rings. The van der Waals surface area contributed by atoms with Crippen LogP contribution >= 0.6 is 0 Å². The number of rotatable bonds is 3. The fourth-order valence-electron chi connectivity index (χ4n) is 0.362. The van der Waals surface area contributed by atoms with Crippen molar-refractivity contribution in [1.82, 2.24) is 4.72 Å². The van der Waals surface area contributed by atoms with E-state index in [0.29, 0.717) is 0 Å². The Kier molecular flexibility index (Phi) is 3.00. The zero-order valence-corrected chi connectivity index (χ0v) is 7.61. The average Bonchev–Trinajstić information content (AvgIpc) is 1.56. The average molecular weight is 203 g/mol. The van der Waals surface area contributed by atoms with Crippen molar-refractivity contribution in [2.45, 2.75) is 12.3 Å². The molecule has 0 amide bonds. The van der Waals surface area contributed by atoms with Crippen molar-refractivity contribution in [3.8, 4) is 0 Å². The minimum absolute atomic E-state index is 0.800. The number of sulfonamides is 1. The molecule has 0 saturated carbocycles. The van der Waals surface area contributed by atoms with Crippen LogP contribution in [0.15, 0.2) is 0 Å².